The van der Waals surface area contributed by atoms with Crippen LogP contribution in [-0.4, -0.2) is 35.5 Å². The molecule has 0 heterocycles. The lowest BCUT2D eigenvalue weighted by atomic mass is 10.0. The van der Waals surface area contributed by atoms with Gasteiger partial charge in [0.25, 0.3) is 11.8 Å². The zero-order valence-electron chi connectivity index (χ0n) is 30.1. The second kappa shape index (κ2) is 18.4. The molecular formula is C40H42Cl2N6O4. The van der Waals surface area contributed by atoms with E-state index in [1.807, 2.05) is 64.1 Å². The molecule has 0 saturated carbocycles. The largest absolute Gasteiger partial charge is 0.323 e. The molecule has 0 fully saturated rings. The molecule has 4 rings (SSSR count). The number of ketones is 2. The molecule has 0 aliphatic carbocycles. The molecule has 0 spiro atoms. The fourth-order valence-corrected chi connectivity index (χ4v) is 6.09. The standard InChI is InChI=1S/C40H42Cl2N6O4/c1-7-25-13-11-14-26(8-2)37(25)43-39(51)35(23(5)49)47-45-30-19-17-29(18-20-30)31-21-22-32(34(42)33(31)41)46-48-36(24(6)50)40(52)44-38-27(9-3)15-12-16-28(38)10-4/h11-22,35-36H,7-10H2,1-6H3,(H,43,51)(H,44,52). The van der Waals surface area contributed by atoms with Crippen LogP contribution in [-0.2, 0) is 44.9 Å². The topological polar surface area (TPSA) is 142 Å². The van der Waals surface area contributed by atoms with Gasteiger partial charge in [-0.05, 0) is 85.5 Å². The third kappa shape index (κ3) is 9.43. The number of nitrogens with one attached hydrogen (secondary N) is 2. The Kier molecular flexibility index (Phi) is 14.1. The highest BCUT2D eigenvalue weighted by Gasteiger charge is 2.26. The van der Waals surface area contributed by atoms with Gasteiger partial charge in [-0.15, -0.1) is 0 Å². The summed E-state index contributed by atoms with van der Waals surface area (Å²) in [6.07, 6.45) is 2.85. The zero-order valence-corrected chi connectivity index (χ0v) is 31.6. The number of anilines is 2. The average molecular weight is 742 g/mol. The van der Waals surface area contributed by atoms with Gasteiger partial charge < -0.3 is 10.6 Å². The van der Waals surface area contributed by atoms with E-state index in [-0.39, 0.29) is 15.7 Å². The molecule has 0 saturated heterocycles. The average Bonchev–Trinajstić information content (AvgIpc) is 3.13. The van der Waals surface area contributed by atoms with Gasteiger partial charge >= 0.3 is 0 Å². The highest BCUT2D eigenvalue weighted by Crippen LogP contribution is 2.40. The number of aryl methyl sites for hydroxylation is 4. The first-order chi connectivity index (χ1) is 24.9. The summed E-state index contributed by atoms with van der Waals surface area (Å²) in [5, 5.41) is 22.5. The maximum absolute atomic E-state index is 13.2. The molecule has 4 aromatic carbocycles. The number of Topliss-reactive ketones (excluding diaryl/α,β-unsaturated/α-hetero) is 2. The molecule has 52 heavy (non-hydrogen) atoms. The Morgan fingerprint density at radius 1 is 0.577 bits per heavy atom. The normalized spacial score (nSPS) is 12.5. The number of carbonyl (C=O) groups excluding carboxylic acids is 4. The van der Waals surface area contributed by atoms with Crippen molar-refractivity contribution < 1.29 is 19.2 Å². The van der Waals surface area contributed by atoms with Crippen molar-refractivity contribution in [2.45, 2.75) is 79.3 Å². The van der Waals surface area contributed by atoms with Crippen LogP contribution >= 0.6 is 23.2 Å². The Balaban J connectivity index is 1.50. The minimum Gasteiger partial charge on any atom is -0.323 e. The van der Waals surface area contributed by atoms with E-state index in [4.69, 9.17) is 23.2 Å². The quantitative estimate of drug-likeness (QED) is 0.0924. The molecule has 2 atom stereocenters. The van der Waals surface area contributed by atoms with Crippen LogP contribution in [0, 0.1) is 0 Å². The maximum atomic E-state index is 13.2. The van der Waals surface area contributed by atoms with E-state index >= 15 is 0 Å². The van der Waals surface area contributed by atoms with Crippen molar-refractivity contribution >= 4 is 69.3 Å². The van der Waals surface area contributed by atoms with E-state index < -0.39 is 35.5 Å². The lowest BCUT2D eigenvalue weighted by Crippen LogP contribution is -2.32. The number of halogens is 2. The molecule has 4 aromatic rings. The minimum absolute atomic E-state index is 0.0881. The molecule has 12 heteroatoms. The molecule has 0 bridgehead atoms. The Morgan fingerprint density at radius 3 is 1.40 bits per heavy atom. The van der Waals surface area contributed by atoms with Gasteiger partial charge in [0.15, 0.2) is 11.6 Å². The summed E-state index contributed by atoms with van der Waals surface area (Å²) in [5.74, 6) is -2.06. The summed E-state index contributed by atoms with van der Waals surface area (Å²) in [6, 6.07) is 19.0. The Labute approximate surface area is 314 Å². The van der Waals surface area contributed by atoms with Crippen molar-refractivity contribution in [3.8, 4) is 11.1 Å². The Morgan fingerprint density at radius 2 is 1.00 bits per heavy atom. The molecule has 0 aromatic heterocycles. The molecule has 0 aliphatic rings. The highest BCUT2D eigenvalue weighted by molar-refractivity contribution is 6.45. The number of hydrogen-bond donors (Lipinski definition) is 2. The molecule has 2 unspecified atom stereocenters. The number of nitrogens with zero attached hydrogens (tertiary/aromatic N) is 4. The van der Waals surface area contributed by atoms with Gasteiger partial charge in [0.1, 0.15) is 5.69 Å². The summed E-state index contributed by atoms with van der Waals surface area (Å²) >= 11 is 13.3. The van der Waals surface area contributed by atoms with E-state index in [0.717, 1.165) is 35.1 Å². The van der Waals surface area contributed by atoms with Crippen molar-refractivity contribution in [1.29, 1.82) is 0 Å². The lowest BCUT2D eigenvalue weighted by Gasteiger charge is -2.16. The number of azo groups is 2. The number of amides is 2. The van der Waals surface area contributed by atoms with E-state index in [0.29, 0.717) is 41.0 Å². The summed E-state index contributed by atoms with van der Waals surface area (Å²) in [4.78, 5) is 51.3. The third-order valence-electron chi connectivity index (χ3n) is 8.57. The predicted octanol–water partition coefficient (Wildman–Crippen LogP) is 10.3. The fourth-order valence-electron chi connectivity index (χ4n) is 5.62. The van der Waals surface area contributed by atoms with E-state index in [1.165, 1.54) is 13.8 Å². The van der Waals surface area contributed by atoms with Crippen molar-refractivity contribution in [2.75, 3.05) is 10.6 Å². The molecular weight excluding hydrogens is 699 g/mol. The lowest BCUT2D eigenvalue weighted by molar-refractivity contribution is -0.127. The zero-order chi connectivity index (χ0) is 37.9. The Bertz CT molecular complexity index is 1980. The van der Waals surface area contributed by atoms with Crippen LogP contribution in [0.2, 0.25) is 10.0 Å². The number of carbonyl (C=O) groups is 4. The minimum atomic E-state index is -1.39. The molecule has 10 nitrogen and oxygen atoms in total. The summed E-state index contributed by atoms with van der Waals surface area (Å²) in [7, 11) is 0. The highest BCUT2D eigenvalue weighted by atomic mass is 35.5. The molecule has 2 N–H and O–H groups in total. The molecule has 0 aliphatic heterocycles. The van der Waals surface area contributed by atoms with Gasteiger partial charge in [0, 0.05) is 16.9 Å². The summed E-state index contributed by atoms with van der Waals surface area (Å²) < 4.78 is 0. The molecule has 0 radical (unpaired) electrons. The van der Waals surface area contributed by atoms with Gasteiger partial charge in [-0.1, -0.05) is 105 Å². The van der Waals surface area contributed by atoms with Crippen molar-refractivity contribution in [3.05, 3.63) is 105 Å². The van der Waals surface area contributed by atoms with E-state index in [1.54, 1.807) is 36.4 Å². The van der Waals surface area contributed by atoms with Crippen LogP contribution in [0.15, 0.2) is 93.3 Å². The predicted molar refractivity (Wildman–Crippen MR) is 208 cm³/mol. The van der Waals surface area contributed by atoms with Gasteiger partial charge in [-0.25, -0.2) is 0 Å². The first kappa shape index (κ1) is 39.7. The van der Waals surface area contributed by atoms with Crippen LogP contribution in [0.1, 0.15) is 63.8 Å². The first-order valence-corrected chi connectivity index (χ1v) is 17.9. The summed E-state index contributed by atoms with van der Waals surface area (Å²) in [5.41, 5.74) is 7.12. The second-order valence-corrected chi connectivity index (χ2v) is 12.8. The van der Waals surface area contributed by atoms with E-state index in [9.17, 15) is 19.2 Å². The van der Waals surface area contributed by atoms with Gasteiger partial charge in [0.2, 0.25) is 12.1 Å². The van der Waals surface area contributed by atoms with Crippen LogP contribution < -0.4 is 10.6 Å². The van der Waals surface area contributed by atoms with Gasteiger partial charge in [-0.3, -0.25) is 19.2 Å². The fraction of sp³-hybridized carbons (Fsp3) is 0.300. The summed E-state index contributed by atoms with van der Waals surface area (Å²) in [6.45, 7) is 10.6. The van der Waals surface area contributed by atoms with Crippen LogP contribution in [0.25, 0.3) is 11.1 Å². The van der Waals surface area contributed by atoms with Gasteiger partial charge in [0.05, 0.1) is 15.7 Å². The van der Waals surface area contributed by atoms with Crippen LogP contribution in [0.5, 0.6) is 0 Å². The first-order valence-electron chi connectivity index (χ1n) is 17.2. The Hall–Kier alpha value is -5.06. The SMILES string of the molecule is CCc1cccc(CC)c1NC(=O)C(N=Nc1ccc(-c2ccc(N=NC(C(C)=O)C(=O)Nc3c(CC)cccc3CC)c(Cl)c2Cl)cc1)C(C)=O. The van der Waals surface area contributed by atoms with Crippen LogP contribution in [0.3, 0.4) is 0 Å². The van der Waals surface area contributed by atoms with Gasteiger partial charge in [-0.2, -0.15) is 20.5 Å². The van der Waals surface area contributed by atoms with Crippen LogP contribution in [0.4, 0.5) is 22.7 Å². The van der Waals surface area contributed by atoms with E-state index in [2.05, 4.69) is 31.1 Å². The number of para-hydroxylation sites is 2. The van der Waals surface area contributed by atoms with Crippen molar-refractivity contribution in [2.24, 2.45) is 20.5 Å². The monoisotopic (exact) mass is 740 g/mol. The maximum Gasteiger partial charge on any atom is 0.258 e. The number of benzene rings is 4. The molecule has 2 amide bonds. The van der Waals surface area contributed by atoms with Crippen molar-refractivity contribution in [1.82, 2.24) is 0 Å². The number of rotatable bonds is 15. The van der Waals surface area contributed by atoms with Crippen molar-refractivity contribution in [3.63, 3.8) is 0 Å². The third-order valence-corrected chi connectivity index (χ3v) is 9.44. The molecule has 270 valence electrons. The number of hydrogen-bond acceptors (Lipinski definition) is 8. The smallest absolute Gasteiger partial charge is 0.258 e. The second-order valence-electron chi connectivity index (χ2n) is 12.1.